The molecule has 6 heteroatoms. The minimum atomic E-state index is -4.38. The molecule has 2 N–H and O–H groups in total. The third kappa shape index (κ3) is 1.47. The first-order chi connectivity index (χ1) is 5.89. The van der Waals surface area contributed by atoms with E-state index in [9.17, 15) is 12.3 Å². The van der Waals surface area contributed by atoms with Crippen LogP contribution >= 0.6 is 0 Å². The third-order valence-corrected chi connectivity index (χ3v) is 3.89. The second-order valence-corrected chi connectivity index (χ2v) is 5.58. The van der Waals surface area contributed by atoms with Gasteiger partial charge in [0.25, 0.3) is 0 Å². The quantitative estimate of drug-likeness (QED) is 0.653. The molecule has 0 aromatic heterocycles. The van der Waals surface area contributed by atoms with Gasteiger partial charge in [-0.3, -0.25) is 0 Å². The summed E-state index contributed by atoms with van der Waals surface area (Å²) in [6.07, 6.45) is 1.17. The average molecular weight is 209 g/mol. The van der Waals surface area contributed by atoms with Crippen LogP contribution in [0.5, 0.6) is 0 Å². The molecule has 1 saturated carbocycles. The molecule has 76 valence electrons. The Morgan fingerprint density at radius 3 is 2.46 bits per heavy atom. The third-order valence-electron chi connectivity index (χ3n) is 2.93. The van der Waals surface area contributed by atoms with Crippen LogP contribution in [-0.4, -0.2) is 32.9 Å². The van der Waals surface area contributed by atoms with Gasteiger partial charge in [0, 0.05) is 12.0 Å². The van der Waals surface area contributed by atoms with E-state index in [2.05, 4.69) is 0 Å². The smallest absolute Gasteiger partial charge is 0.303 e. The summed E-state index contributed by atoms with van der Waals surface area (Å²) < 4.78 is 38.7. The molecule has 2 aliphatic heterocycles. The van der Waals surface area contributed by atoms with Crippen molar-refractivity contribution >= 4 is 10.2 Å². The SMILES string of the molecule is NCC12CC(CS(=O)(=O)F)(CO1)C2. The van der Waals surface area contributed by atoms with Crippen molar-refractivity contribution in [3.05, 3.63) is 0 Å². The van der Waals surface area contributed by atoms with E-state index in [1.165, 1.54) is 0 Å². The fourth-order valence-electron chi connectivity index (χ4n) is 2.54. The highest BCUT2D eigenvalue weighted by Crippen LogP contribution is 2.57. The standard InChI is InChI=1S/C7H12FNO3S/c8-13(10,11)5-6-1-7(2-6,3-9)12-4-6/h1-5,9H2. The average Bonchev–Trinajstić information content (AvgIpc) is 2.38. The molecular formula is C7H12FNO3S. The highest BCUT2D eigenvalue weighted by Gasteiger charge is 2.62. The Balaban J connectivity index is 2.06. The van der Waals surface area contributed by atoms with Crippen LogP contribution in [0.25, 0.3) is 0 Å². The fourth-order valence-corrected chi connectivity index (χ4v) is 3.56. The van der Waals surface area contributed by atoms with Gasteiger partial charge in [0.2, 0.25) is 0 Å². The maximum Gasteiger partial charge on any atom is 0.303 e. The Morgan fingerprint density at radius 1 is 1.46 bits per heavy atom. The van der Waals surface area contributed by atoms with Crippen molar-refractivity contribution in [3.8, 4) is 0 Å². The first-order valence-electron chi connectivity index (χ1n) is 4.15. The monoisotopic (exact) mass is 209 g/mol. The number of halogens is 1. The van der Waals surface area contributed by atoms with Gasteiger partial charge in [-0.25, -0.2) is 0 Å². The molecule has 13 heavy (non-hydrogen) atoms. The van der Waals surface area contributed by atoms with Crippen LogP contribution in [-0.2, 0) is 15.0 Å². The molecule has 0 aromatic carbocycles. The van der Waals surface area contributed by atoms with Crippen LogP contribution in [0.1, 0.15) is 12.8 Å². The number of ether oxygens (including phenoxy) is 1. The van der Waals surface area contributed by atoms with Gasteiger partial charge in [0.15, 0.2) is 0 Å². The van der Waals surface area contributed by atoms with Crippen LogP contribution in [0.3, 0.4) is 0 Å². The van der Waals surface area contributed by atoms with Crippen molar-refractivity contribution in [2.24, 2.45) is 11.1 Å². The van der Waals surface area contributed by atoms with Crippen molar-refractivity contribution in [3.63, 3.8) is 0 Å². The molecule has 0 radical (unpaired) electrons. The summed E-state index contributed by atoms with van der Waals surface area (Å²) >= 11 is 0. The maximum atomic E-state index is 12.4. The summed E-state index contributed by atoms with van der Waals surface area (Å²) in [6.45, 7) is 0.717. The largest absolute Gasteiger partial charge is 0.373 e. The van der Waals surface area contributed by atoms with Gasteiger partial charge < -0.3 is 10.5 Å². The molecule has 2 saturated heterocycles. The van der Waals surface area contributed by atoms with Crippen LogP contribution < -0.4 is 5.73 Å². The topological polar surface area (TPSA) is 69.4 Å². The van der Waals surface area contributed by atoms with E-state index in [1.54, 1.807) is 0 Å². The minimum Gasteiger partial charge on any atom is -0.373 e. The van der Waals surface area contributed by atoms with Crippen molar-refractivity contribution < 1.29 is 17.0 Å². The number of fused-ring (bicyclic) bond motifs is 1. The first-order valence-corrected chi connectivity index (χ1v) is 5.70. The van der Waals surface area contributed by atoms with E-state index < -0.39 is 21.4 Å². The zero-order chi connectivity index (χ0) is 9.74. The highest BCUT2D eigenvalue weighted by atomic mass is 32.3. The van der Waals surface area contributed by atoms with Gasteiger partial charge in [-0.2, -0.15) is 8.42 Å². The number of nitrogens with two attached hydrogens (primary N) is 1. The predicted octanol–water partition coefficient (Wildman–Crippen LogP) is -0.206. The lowest BCUT2D eigenvalue weighted by Gasteiger charge is -2.42. The normalized spacial score (nSPS) is 43.2. The Hall–Kier alpha value is -0.200. The summed E-state index contributed by atoms with van der Waals surface area (Å²) in [5.41, 5.74) is 4.64. The predicted molar refractivity (Wildman–Crippen MR) is 44.3 cm³/mol. The molecule has 3 aliphatic rings. The molecule has 0 aromatic rings. The fraction of sp³-hybridized carbons (Fsp3) is 1.00. The molecule has 0 atom stereocenters. The molecular weight excluding hydrogens is 197 g/mol. The second kappa shape index (κ2) is 2.43. The van der Waals surface area contributed by atoms with Gasteiger partial charge in [-0.1, -0.05) is 0 Å². The van der Waals surface area contributed by atoms with Crippen LogP contribution in [0, 0.1) is 5.41 Å². The van der Waals surface area contributed by atoms with Gasteiger partial charge in [0.05, 0.1) is 18.0 Å². The van der Waals surface area contributed by atoms with Crippen molar-refractivity contribution in [2.75, 3.05) is 18.9 Å². The Kier molecular flexibility index (Phi) is 1.75. The second-order valence-electron chi connectivity index (χ2n) is 4.21. The van der Waals surface area contributed by atoms with Crippen LogP contribution in [0.2, 0.25) is 0 Å². The van der Waals surface area contributed by atoms with Gasteiger partial charge in [0.1, 0.15) is 0 Å². The molecule has 1 aliphatic carbocycles. The molecule has 2 heterocycles. The maximum absolute atomic E-state index is 12.4. The summed E-state index contributed by atoms with van der Waals surface area (Å²) in [5.74, 6) is -0.415. The van der Waals surface area contributed by atoms with E-state index in [1.807, 2.05) is 0 Å². The van der Waals surface area contributed by atoms with Crippen molar-refractivity contribution in [1.82, 2.24) is 0 Å². The van der Waals surface area contributed by atoms with E-state index in [0.717, 1.165) is 0 Å². The molecule has 3 fully saturated rings. The van der Waals surface area contributed by atoms with Crippen molar-refractivity contribution in [1.29, 1.82) is 0 Å². The lowest BCUT2D eigenvalue weighted by molar-refractivity contribution is -0.00197. The Morgan fingerprint density at radius 2 is 2.08 bits per heavy atom. The Bertz CT molecular complexity index is 321. The van der Waals surface area contributed by atoms with E-state index >= 15 is 0 Å². The summed E-state index contributed by atoms with van der Waals surface area (Å²) in [4.78, 5) is 0. The lowest BCUT2D eigenvalue weighted by Crippen LogP contribution is -2.51. The molecule has 4 nitrogen and oxygen atoms in total. The number of rotatable bonds is 3. The molecule has 2 bridgehead atoms. The first kappa shape index (κ1) is 9.36. The van der Waals surface area contributed by atoms with Gasteiger partial charge in [-0.05, 0) is 12.8 Å². The molecule has 0 unspecified atom stereocenters. The number of hydrogen-bond donors (Lipinski definition) is 1. The lowest BCUT2D eigenvalue weighted by atomic mass is 9.63. The van der Waals surface area contributed by atoms with E-state index in [4.69, 9.17) is 10.5 Å². The van der Waals surface area contributed by atoms with Crippen molar-refractivity contribution in [2.45, 2.75) is 18.4 Å². The summed E-state index contributed by atoms with van der Waals surface area (Å²) in [5, 5.41) is 0. The Labute approximate surface area is 76.5 Å². The highest BCUT2D eigenvalue weighted by molar-refractivity contribution is 7.86. The summed E-state index contributed by atoms with van der Waals surface area (Å²) in [7, 11) is -4.38. The molecule has 3 rings (SSSR count). The zero-order valence-electron chi connectivity index (χ0n) is 7.12. The minimum absolute atomic E-state index is 0.327. The number of hydrogen-bond acceptors (Lipinski definition) is 4. The van der Waals surface area contributed by atoms with E-state index in [0.29, 0.717) is 26.0 Å². The van der Waals surface area contributed by atoms with Crippen LogP contribution in [0.15, 0.2) is 0 Å². The zero-order valence-corrected chi connectivity index (χ0v) is 7.94. The van der Waals surface area contributed by atoms with Gasteiger partial charge >= 0.3 is 10.2 Å². The summed E-state index contributed by atoms with van der Waals surface area (Å²) in [6, 6.07) is 0. The van der Waals surface area contributed by atoms with Crippen LogP contribution in [0.4, 0.5) is 3.89 Å². The molecule has 0 spiro atoms. The van der Waals surface area contributed by atoms with Gasteiger partial charge in [-0.15, -0.1) is 3.89 Å². The molecule has 0 amide bonds. The van der Waals surface area contributed by atoms with E-state index in [-0.39, 0.29) is 5.60 Å².